The molecule has 0 bridgehead atoms. The van der Waals surface area contributed by atoms with E-state index < -0.39 is 0 Å². The quantitative estimate of drug-likeness (QED) is 0.827. The first kappa shape index (κ1) is 13.8. The summed E-state index contributed by atoms with van der Waals surface area (Å²) in [5.41, 5.74) is 4.37. The van der Waals surface area contributed by atoms with Gasteiger partial charge in [-0.05, 0) is 56.2 Å². The average Bonchev–Trinajstić information content (AvgIpc) is 2.64. The summed E-state index contributed by atoms with van der Waals surface area (Å²) in [5.74, 6) is 0. The normalized spacial score (nSPS) is 23.3. The zero-order chi connectivity index (χ0) is 13.2. The minimum absolute atomic E-state index is 0.139. The molecule has 0 saturated carbocycles. The van der Waals surface area contributed by atoms with Crippen molar-refractivity contribution in [1.82, 2.24) is 10.7 Å². The lowest BCUT2D eigenvalue weighted by Gasteiger charge is -2.25. The summed E-state index contributed by atoms with van der Waals surface area (Å²) in [5, 5.41) is 6.04. The van der Waals surface area contributed by atoms with E-state index in [0.29, 0.717) is 0 Å². The molecule has 0 radical (unpaired) electrons. The monoisotopic (exact) mass is 327 g/mol. The maximum absolute atomic E-state index is 5.40. The van der Waals surface area contributed by atoms with E-state index >= 15 is 0 Å². The molecule has 0 aromatic heterocycles. The number of nitrogens with zero attached hydrogens (tertiary/aromatic N) is 1. The molecule has 1 aliphatic rings. The van der Waals surface area contributed by atoms with E-state index in [0.717, 1.165) is 21.7 Å². The minimum Gasteiger partial charge on any atom is -0.342 e. The van der Waals surface area contributed by atoms with Gasteiger partial charge in [-0.25, -0.2) is 5.43 Å². The van der Waals surface area contributed by atoms with E-state index in [4.69, 9.17) is 12.2 Å². The van der Waals surface area contributed by atoms with Gasteiger partial charge in [-0.1, -0.05) is 29.3 Å². The van der Waals surface area contributed by atoms with Crippen molar-refractivity contribution >= 4 is 38.9 Å². The van der Waals surface area contributed by atoms with Gasteiger partial charge in [-0.15, -0.1) is 0 Å². The van der Waals surface area contributed by atoms with E-state index in [1.165, 1.54) is 12.8 Å². The Bertz CT molecular complexity index is 434. The first-order valence-electron chi connectivity index (χ1n) is 6.20. The number of rotatable bonds is 4. The van der Waals surface area contributed by atoms with Crippen LogP contribution in [0.3, 0.4) is 0 Å². The number of anilines is 1. The lowest BCUT2D eigenvalue weighted by atomic mass is 10.1. The highest BCUT2D eigenvalue weighted by Gasteiger charge is 2.35. The molecule has 1 aliphatic heterocycles. The number of unbranched alkanes of at least 4 members (excludes halogenated alkanes) is 1. The van der Waals surface area contributed by atoms with Gasteiger partial charge in [0.2, 0.25) is 0 Å². The van der Waals surface area contributed by atoms with E-state index in [2.05, 4.69) is 40.5 Å². The first-order chi connectivity index (χ1) is 8.54. The maximum Gasteiger partial charge on any atom is 0.189 e. The van der Waals surface area contributed by atoms with Crippen LogP contribution in [-0.4, -0.2) is 10.8 Å². The van der Waals surface area contributed by atoms with E-state index in [9.17, 15) is 0 Å². The number of hydrogen-bond donors (Lipinski definition) is 2. The van der Waals surface area contributed by atoms with E-state index in [-0.39, 0.29) is 5.66 Å². The van der Waals surface area contributed by atoms with Crippen molar-refractivity contribution in [1.29, 1.82) is 0 Å². The lowest BCUT2D eigenvalue weighted by molar-refractivity contribution is 0.337. The molecular formula is C13H18BrN3S. The Morgan fingerprint density at radius 3 is 2.61 bits per heavy atom. The van der Waals surface area contributed by atoms with Gasteiger partial charge in [-0.2, -0.15) is 0 Å². The lowest BCUT2D eigenvalue weighted by Crippen LogP contribution is -2.48. The van der Waals surface area contributed by atoms with E-state index in [1.54, 1.807) is 0 Å². The zero-order valence-corrected chi connectivity index (χ0v) is 13.1. The summed E-state index contributed by atoms with van der Waals surface area (Å²) in [6.45, 7) is 4.34. The number of thiocarbonyl (C=S) groups is 1. The number of hydrazine groups is 1. The molecule has 1 saturated heterocycles. The second-order valence-corrected chi connectivity index (χ2v) is 6.09. The minimum atomic E-state index is -0.139. The highest BCUT2D eigenvalue weighted by molar-refractivity contribution is 9.10. The number of hydrogen-bond acceptors (Lipinski definition) is 2. The van der Waals surface area contributed by atoms with Crippen molar-refractivity contribution in [2.75, 3.05) is 5.01 Å². The molecule has 1 aromatic carbocycles. The van der Waals surface area contributed by atoms with Gasteiger partial charge in [0, 0.05) is 4.47 Å². The van der Waals surface area contributed by atoms with Crippen LogP contribution < -0.4 is 15.8 Å². The van der Waals surface area contributed by atoms with Gasteiger partial charge >= 0.3 is 0 Å². The topological polar surface area (TPSA) is 27.3 Å². The molecule has 98 valence electrons. The van der Waals surface area contributed by atoms with Crippen molar-refractivity contribution in [3.8, 4) is 0 Å². The van der Waals surface area contributed by atoms with Gasteiger partial charge in [0.1, 0.15) is 5.66 Å². The van der Waals surface area contributed by atoms with Crippen LogP contribution in [0.1, 0.15) is 33.1 Å². The van der Waals surface area contributed by atoms with Crippen LogP contribution in [0.25, 0.3) is 0 Å². The highest BCUT2D eigenvalue weighted by Crippen LogP contribution is 2.24. The Labute approximate surface area is 122 Å². The number of nitrogens with one attached hydrogen (secondary N) is 2. The van der Waals surface area contributed by atoms with Crippen LogP contribution in [0.15, 0.2) is 28.7 Å². The van der Waals surface area contributed by atoms with Crippen LogP contribution >= 0.6 is 28.1 Å². The number of benzene rings is 1. The van der Waals surface area contributed by atoms with Crippen LogP contribution in [0.4, 0.5) is 5.69 Å². The fourth-order valence-corrected chi connectivity index (χ4v) is 2.68. The summed E-state index contributed by atoms with van der Waals surface area (Å²) >= 11 is 8.83. The average molecular weight is 328 g/mol. The summed E-state index contributed by atoms with van der Waals surface area (Å²) in [6.07, 6.45) is 3.41. The van der Waals surface area contributed by atoms with Gasteiger partial charge in [0.15, 0.2) is 5.11 Å². The third kappa shape index (κ3) is 3.02. The zero-order valence-electron chi connectivity index (χ0n) is 10.7. The predicted molar refractivity (Wildman–Crippen MR) is 83.4 cm³/mol. The fourth-order valence-electron chi connectivity index (χ4n) is 2.04. The van der Waals surface area contributed by atoms with Gasteiger partial charge in [0.05, 0.1) is 5.69 Å². The van der Waals surface area contributed by atoms with Crippen molar-refractivity contribution in [2.45, 2.75) is 38.8 Å². The second-order valence-electron chi connectivity index (χ2n) is 4.79. The van der Waals surface area contributed by atoms with Crippen molar-refractivity contribution in [2.24, 2.45) is 0 Å². The molecule has 0 amide bonds. The molecular weight excluding hydrogens is 310 g/mol. The van der Waals surface area contributed by atoms with Gasteiger partial charge in [0.25, 0.3) is 0 Å². The Balaban J connectivity index is 2.11. The Morgan fingerprint density at radius 1 is 1.33 bits per heavy atom. The maximum atomic E-state index is 5.40. The Morgan fingerprint density at radius 2 is 2.00 bits per heavy atom. The van der Waals surface area contributed by atoms with Gasteiger partial charge in [-0.3, -0.25) is 5.01 Å². The Kier molecular flexibility index (Phi) is 4.25. The highest BCUT2D eigenvalue weighted by atomic mass is 79.9. The molecule has 18 heavy (non-hydrogen) atoms. The standard InChI is InChI=1S/C13H18BrN3S/c1-3-4-9-13(2)15-12(18)17(16-13)11-7-5-10(14)6-8-11/h5-8,16H,3-4,9H2,1-2H3,(H,15,18)/t13-/m0/s1. The number of halogens is 1. The Hall–Kier alpha value is -0.650. The summed E-state index contributed by atoms with van der Waals surface area (Å²) in [6, 6.07) is 8.11. The molecule has 0 spiro atoms. The smallest absolute Gasteiger partial charge is 0.189 e. The predicted octanol–water partition coefficient (Wildman–Crippen LogP) is 3.55. The fraction of sp³-hybridized carbons (Fsp3) is 0.462. The summed E-state index contributed by atoms with van der Waals surface area (Å²) in [4.78, 5) is 0. The van der Waals surface area contributed by atoms with E-state index in [1.807, 2.05) is 29.3 Å². The van der Waals surface area contributed by atoms with Crippen LogP contribution in [0.5, 0.6) is 0 Å². The molecule has 1 fully saturated rings. The first-order valence-corrected chi connectivity index (χ1v) is 7.40. The van der Waals surface area contributed by atoms with Crippen molar-refractivity contribution in [3.05, 3.63) is 28.7 Å². The molecule has 1 aromatic rings. The molecule has 2 N–H and O–H groups in total. The SMILES string of the molecule is CCCC[C@@]1(C)NC(=S)N(c2ccc(Br)cc2)N1. The summed E-state index contributed by atoms with van der Waals surface area (Å²) < 4.78 is 1.07. The van der Waals surface area contributed by atoms with Crippen molar-refractivity contribution in [3.63, 3.8) is 0 Å². The molecule has 0 aliphatic carbocycles. The van der Waals surface area contributed by atoms with Gasteiger partial charge < -0.3 is 5.32 Å². The van der Waals surface area contributed by atoms with Crippen LogP contribution in [0, 0.1) is 0 Å². The molecule has 0 unspecified atom stereocenters. The third-order valence-corrected chi connectivity index (χ3v) is 3.87. The molecule has 2 rings (SSSR count). The molecule has 1 heterocycles. The third-order valence-electron chi connectivity index (χ3n) is 3.06. The van der Waals surface area contributed by atoms with Crippen LogP contribution in [-0.2, 0) is 0 Å². The second kappa shape index (κ2) is 5.55. The molecule has 5 heteroatoms. The van der Waals surface area contributed by atoms with Crippen molar-refractivity contribution < 1.29 is 0 Å². The molecule has 3 nitrogen and oxygen atoms in total. The van der Waals surface area contributed by atoms with Crippen LogP contribution in [0.2, 0.25) is 0 Å². The molecule has 1 atom stereocenters. The largest absolute Gasteiger partial charge is 0.342 e. The summed E-state index contributed by atoms with van der Waals surface area (Å²) in [7, 11) is 0.